The van der Waals surface area contributed by atoms with Crippen LogP contribution in [0.1, 0.15) is 38.1 Å². The van der Waals surface area contributed by atoms with Gasteiger partial charge in [0.15, 0.2) is 0 Å². The zero-order valence-electron chi connectivity index (χ0n) is 14.3. The van der Waals surface area contributed by atoms with Gasteiger partial charge in [-0.2, -0.15) is 0 Å². The van der Waals surface area contributed by atoms with Crippen molar-refractivity contribution < 1.29 is 13.7 Å². The van der Waals surface area contributed by atoms with Crippen molar-refractivity contribution >= 4 is 34.4 Å². The van der Waals surface area contributed by atoms with Crippen molar-refractivity contribution in [1.82, 2.24) is 9.62 Å². The van der Waals surface area contributed by atoms with Crippen LogP contribution in [0.15, 0.2) is 16.4 Å². The molecule has 1 N–H and O–H groups in total. The highest BCUT2D eigenvalue weighted by Crippen LogP contribution is 2.36. The number of rotatable bonds is 1. The highest BCUT2D eigenvalue weighted by molar-refractivity contribution is 7.83. The average Bonchev–Trinajstić information content (AvgIpc) is 2.80. The summed E-state index contributed by atoms with van der Waals surface area (Å²) in [6, 6.07) is 2.02. The predicted molar refractivity (Wildman–Crippen MR) is 94.0 cm³/mol. The molecule has 1 aromatic rings. The van der Waals surface area contributed by atoms with Gasteiger partial charge in [-0.05, 0) is 51.6 Å². The summed E-state index contributed by atoms with van der Waals surface area (Å²) in [5, 5.41) is 4.61. The molecule has 8 heteroatoms. The minimum atomic E-state index is -1.28. The van der Waals surface area contributed by atoms with Crippen LogP contribution in [0.2, 0.25) is 0 Å². The Labute approximate surface area is 143 Å². The fourth-order valence-electron chi connectivity index (χ4n) is 2.31. The molecule has 0 radical (unpaired) electrons. The lowest BCUT2D eigenvalue weighted by molar-refractivity contribution is 0.0559. The number of carbonyl (C=O) groups excluding carboxylic acids is 1. The van der Waals surface area contributed by atoms with Crippen LogP contribution in [0, 0.1) is 6.92 Å². The van der Waals surface area contributed by atoms with Gasteiger partial charge >= 0.3 is 6.09 Å². The predicted octanol–water partition coefficient (Wildman–Crippen LogP) is 2.76. The third-order valence-electron chi connectivity index (χ3n) is 3.32. The van der Waals surface area contributed by atoms with Crippen LogP contribution in [-0.2, 0) is 21.3 Å². The lowest BCUT2D eigenvalue weighted by atomic mass is 10.0. The Hall–Kier alpha value is -1.41. The summed E-state index contributed by atoms with van der Waals surface area (Å²) in [6.45, 7) is 9.31. The topological polar surface area (TPSA) is 71.0 Å². The van der Waals surface area contributed by atoms with Crippen molar-refractivity contribution in [2.75, 3.05) is 12.8 Å². The van der Waals surface area contributed by atoms with Crippen molar-refractivity contribution in [1.29, 1.82) is 0 Å². The molecule has 128 valence electrons. The summed E-state index contributed by atoms with van der Waals surface area (Å²) in [6.07, 6.45) is -0.604. The second kappa shape index (κ2) is 6.24. The van der Waals surface area contributed by atoms with E-state index in [9.17, 15) is 9.00 Å². The molecule has 0 saturated carbocycles. The van der Waals surface area contributed by atoms with E-state index in [0.29, 0.717) is 5.75 Å². The first-order chi connectivity index (χ1) is 10.5. The monoisotopic (exact) mass is 357 g/mol. The lowest BCUT2D eigenvalue weighted by Crippen LogP contribution is -2.51. The first-order valence-electron chi connectivity index (χ1n) is 7.28. The normalized spacial score (nSPS) is 25.0. The van der Waals surface area contributed by atoms with Crippen LogP contribution in [0.5, 0.6) is 0 Å². The van der Waals surface area contributed by atoms with Crippen LogP contribution >= 0.6 is 11.3 Å². The van der Waals surface area contributed by atoms with Crippen molar-refractivity contribution in [2.45, 2.75) is 45.8 Å². The van der Waals surface area contributed by atoms with E-state index >= 15 is 0 Å². The molecule has 2 rings (SSSR count). The molecule has 1 aromatic heterocycles. The fourth-order valence-corrected chi connectivity index (χ4v) is 4.60. The molecule has 0 saturated heterocycles. The maximum Gasteiger partial charge on any atom is 0.414 e. The molecule has 1 aliphatic rings. The summed E-state index contributed by atoms with van der Waals surface area (Å²) < 4.78 is 19.2. The standard InChI is InChI=1S/C15H23N3O3S2/c1-10-7-8-22-11(10)15(5)9-23(20)18(6)12(17-15)16-13(19)21-14(2,3)4/h7-8H,9H2,1-6H3,(H,16,17,19). The molecule has 0 bridgehead atoms. The zero-order chi connectivity index (χ0) is 17.4. The Morgan fingerprint density at radius 1 is 1.52 bits per heavy atom. The molecule has 6 nitrogen and oxygen atoms in total. The fraction of sp³-hybridized carbons (Fsp3) is 0.600. The zero-order valence-corrected chi connectivity index (χ0v) is 15.9. The summed E-state index contributed by atoms with van der Waals surface area (Å²) in [5.41, 5.74) is -0.121. The SMILES string of the molecule is Cc1ccsc1C1(C)CS(=O)N(C)C(NC(=O)OC(C)(C)C)=N1. The Kier molecular flexibility index (Phi) is 4.86. The van der Waals surface area contributed by atoms with Gasteiger partial charge in [0.2, 0.25) is 5.96 Å². The van der Waals surface area contributed by atoms with E-state index in [0.717, 1.165) is 10.4 Å². The van der Waals surface area contributed by atoms with Crippen molar-refractivity contribution in [3.05, 3.63) is 21.9 Å². The Bertz CT molecular complexity index is 663. The number of aliphatic imine (C=N–C) groups is 1. The summed E-state index contributed by atoms with van der Waals surface area (Å²) in [4.78, 5) is 17.7. The average molecular weight is 358 g/mol. The van der Waals surface area contributed by atoms with E-state index in [-0.39, 0.29) is 5.96 Å². The van der Waals surface area contributed by atoms with Gasteiger partial charge in [-0.1, -0.05) is 0 Å². The van der Waals surface area contributed by atoms with Crippen molar-refractivity contribution in [3.63, 3.8) is 0 Å². The van der Waals surface area contributed by atoms with E-state index in [4.69, 9.17) is 4.74 Å². The quantitative estimate of drug-likeness (QED) is 0.840. The van der Waals surface area contributed by atoms with Gasteiger partial charge in [-0.3, -0.25) is 9.62 Å². The number of nitrogens with zero attached hydrogens (tertiary/aromatic N) is 2. The Morgan fingerprint density at radius 3 is 2.70 bits per heavy atom. The molecule has 0 aromatic carbocycles. The van der Waals surface area contributed by atoms with Crippen LogP contribution < -0.4 is 5.32 Å². The second-order valence-electron chi connectivity index (χ2n) is 6.73. The molecule has 0 aliphatic carbocycles. The number of carbonyl (C=O) groups is 1. The van der Waals surface area contributed by atoms with Crippen LogP contribution in [-0.4, -0.2) is 39.0 Å². The van der Waals surface area contributed by atoms with E-state index in [2.05, 4.69) is 10.3 Å². The third-order valence-corrected chi connectivity index (χ3v) is 6.19. The highest BCUT2D eigenvalue weighted by Gasteiger charge is 2.38. The van der Waals surface area contributed by atoms with E-state index < -0.39 is 28.2 Å². The smallest absolute Gasteiger partial charge is 0.414 e. The number of guanidine groups is 1. The highest BCUT2D eigenvalue weighted by atomic mass is 32.2. The molecule has 0 fully saturated rings. The van der Waals surface area contributed by atoms with Crippen LogP contribution in [0.4, 0.5) is 4.79 Å². The lowest BCUT2D eigenvalue weighted by Gasteiger charge is -2.35. The third kappa shape index (κ3) is 4.11. The van der Waals surface area contributed by atoms with Gasteiger partial charge in [-0.25, -0.2) is 14.0 Å². The number of amides is 1. The van der Waals surface area contributed by atoms with Gasteiger partial charge in [-0.15, -0.1) is 11.3 Å². The van der Waals surface area contributed by atoms with E-state index in [1.807, 2.05) is 25.3 Å². The molecule has 0 spiro atoms. The number of hydrogen-bond acceptors (Lipinski definition) is 5. The number of nitrogens with one attached hydrogen (secondary N) is 1. The summed E-state index contributed by atoms with van der Waals surface area (Å²) >= 11 is 1.59. The second-order valence-corrected chi connectivity index (χ2v) is 9.13. The van der Waals surface area contributed by atoms with Crippen LogP contribution in [0.3, 0.4) is 0 Å². The number of ether oxygens (including phenoxy) is 1. The molecular formula is C15H23N3O3S2. The number of alkyl carbamates (subject to hydrolysis) is 1. The first kappa shape index (κ1) is 17.9. The Morgan fingerprint density at radius 2 is 2.17 bits per heavy atom. The van der Waals surface area contributed by atoms with Gasteiger partial charge < -0.3 is 4.74 Å². The van der Waals surface area contributed by atoms with Gasteiger partial charge in [0.1, 0.15) is 22.1 Å². The number of aryl methyl sites for hydroxylation is 1. The molecule has 23 heavy (non-hydrogen) atoms. The van der Waals surface area contributed by atoms with Gasteiger partial charge in [0.25, 0.3) is 0 Å². The molecule has 2 atom stereocenters. The summed E-state index contributed by atoms with van der Waals surface area (Å²) in [7, 11) is 0.368. The largest absolute Gasteiger partial charge is 0.444 e. The maximum absolute atomic E-state index is 12.5. The first-order valence-corrected chi connectivity index (χ1v) is 9.44. The summed E-state index contributed by atoms with van der Waals surface area (Å²) in [5.74, 6) is 0.642. The van der Waals surface area contributed by atoms with E-state index in [1.165, 1.54) is 4.31 Å². The molecular weight excluding hydrogens is 334 g/mol. The molecule has 2 heterocycles. The minimum absolute atomic E-state index is 0.263. The minimum Gasteiger partial charge on any atom is -0.444 e. The molecule has 2 unspecified atom stereocenters. The molecule has 1 amide bonds. The van der Waals surface area contributed by atoms with Crippen molar-refractivity contribution in [2.24, 2.45) is 4.99 Å². The van der Waals surface area contributed by atoms with E-state index in [1.54, 1.807) is 39.2 Å². The molecule has 1 aliphatic heterocycles. The Balaban J connectivity index is 2.31. The number of thiophene rings is 1. The van der Waals surface area contributed by atoms with Gasteiger partial charge in [0.05, 0.1) is 5.75 Å². The number of hydrogen-bond donors (Lipinski definition) is 1. The van der Waals surface area contributed by atoms with Crippen LogP contribution in [0.25, 0.3) is 0 Å². The van der Waals surface area contributed by atoms with Crippen molar-refractivity contribution in [3.8, 4) is 0 Å². The maximum atomic E-state index is 12.5. The van der Waals surface area contributed by atoms with Gasteiger partial charge in [0, 0.05) is 11.9 Å².